The molecule has 0 spiro atoms. The summed E-state index contributed by atoms with van der Waals surface area (Å²) < 4.78 is 23.8. The molecule has 1 amide bonds. The molecule has 0 aliphatic heterocycles. The van der Waals surface area contributed by atoms with Crippen LogP contribution in [0.15, 0.2) is 146 Å². The van der Waals surface area contributed by atoms with E-state index in [1.807, 2.05) is 27.2 Å². The predicted octanol–water partition coefficient (Wildman–Crippen LogP) is 25.1. The maximum Gasteiger partial charge on any atom is 0.472 e. The number of quaternary nitrogens is 1. The molecule has 3 atom stereocenters. The Hall–Kier alpha value is -3.62. The fourth-order valence-corrected chi connectivity index (χ4v) is 11.4. The van der Waals surface area contributed by atoms with Crippen molar-refractivity contribution in [3.63, 3.8) is 0 Å². The van der Waals surface area contributed by atoms with Gasteiger partial charge in [-0.2, -0.15) is 0 Å². The molecule has 0 aromatic carbocycles. The Labute approximate surface area is 569 Å². The number of allylic oxidation sites excluding steroid dienone is 23. The van der Waals surface area contributed by atoms with E-state index in [0.29, 0.717) is 17.4 Å². The zero-order chi connectivity index (χ0) is 66.9. The minimum atomic E-state index is -4.38. The molecule has 92 heavy (non-hydrogen) atoms. The summed E-state index contributed by atoms with van der Waals surface area (Å²) in [5.41, 5.74) is 0. The molecule has 9 heteroatoms. The molecule has 0 fully saturated rings. The number of rotatable bonds is 69. The van der Waals surface area contributed by atoms with E-state index in [0.717, 1.165) is 116 Å². The molecule has 0 heterocycles. The van der Waals surface area contributed by atoms with Crippen LogP contribution in [0.25, 0.3) is 0 Å². The highest BCUT2D eigenvalue weighted by Gasteiger charge is 2.28. The van der Waals surface area contributed by atoms with Crippen LogP contribution in [0.5, 0.6) is 0 Å². The van der Waals surface area contributed by atoms with Crippen molar-refractivity contribution in [1.29, 1.82) is 0 Å². The van der Waals surface area contributed by atoms with Crippen molar-refractivity contribution in [3.05, 3.63) is 146 Å². The third-order valence-electron chi connectivity index (χ3n) is 16.5. The van der Waals surface area contributed by atoms with Gasteiger partial charge in [0.25, 0.3) is 0 Å². The Morgan fingerprint density at radius 3 is 1.00 bits per heavy atom. The SMILES string of the molecule is CC/C=C\C/C=C\C/C=C\C/C=C\C/C=C\C/C=C\C/C=C\C/C=C\C/C=C\C/C=C\CCCCCCCCCCC(=O)NC(COP(=O)(O)OCC[N+](C)(C)C)C(O)/C=C/CC/C=C/CCCCCCCCCCCCCCCCCCCCCCCCCCC. The van der Waals surface area contributed by atoms with Crippen LogP contribution in [-0.4, -0.2) is 73.4 Å². The summed E-state index contributed by atoms with van der Waals surface area (Å²) in [6.45, 7) is 4.69. The van der Waals surface area contributed by atoms with E-state index in [2.05, 4.69) is 153 Å². The number of phosphoric ester groups is 1. The molecule has 0 aliphatic rings. The highest BCUT2D eigenvalue weighted by Crippen LogP contribution is 2.43. The largest absolute Gasteiger partial charge is 0.472 e. The number of amides is 1. The summed E-state index contributed by atoms with van der Waals surface area (Å²) in [6.07, 6.45) is 110. The van der Waals surface area contributed by atoms with E-state index in [1.165, 1.54) is 186 Å². The first kappa shape index (κ1) is 88.4. The first-order chi connectivity index (χ1) is 45.0. The Morgan fingerprint density at radius 1 is 0.380 bits per heavy atom. The van der Waals surface area contributed by atoms with Crippen molar-refractivity contribution in [2.24, 2.45) is 0 Å². The van der Waals surface area contributed by atoms with Gasteiger partial charge in [-0.25, -0.2) is 4.57 Å². The van der Waals surface area contributed by atoms with E-state index in [9.17, 15) is 19.4 Å². The summed E-state index contributed by atoms with van der Waals surface area (Å²) >= 11 is 0. The number of carbonyl (C=O) groups is 1. The normalized spacial score (nSPS) is 14.4. The molecule has 0 saturated carbocycles. The van der Waals surface area contributed by atoms with Gasteiger partial charge < -0.3 is 19.8 Å². The highest BCUT2D eigenvalue weighted by atomic mass is 31.2. The minimum Gasteiger partial charge on any atom is -0.387 e. The smallest absolute Gasteiger partial charge is 0.387 e. The molecule has 3 unspecified atom stereocenters. The number of carbonyl (C=O) groups excluding carboxylic acids is 1. The van der Waals surface area contributed by atoms with Crippen molar-refractivity contribution < 1.29 is 32.9 Å². The van der Waals surface area contributed by atoms with E-state index in [-0.39, 0.29) is 19.1 Å². The van der Waals surface area contributed by atoms with Crippen LogP contribution >= 0.6 is 7.82 Å². The van der Waals surface area contributed by atoms with Crippen molar-refractivity contribution in [1.82, 2.24) is 5.32 Å². The van der Waals surface area contributed by atoms with Crippen LogP contribution in [0.4, 0.5) is 0 Å². The maximum absolute atomic E-state index is 13.1. The van der Waals surface area contributed by atoms with Crippen LogP contribution in [0.3, 0.4) is 0 Å². The lowest BCUT2D eigenvalue weighted by molar-refractivity contribution is -0.870. The van der Waals surface area contributed by atoms with E-state index < -0.39 is 20.0 Å². The third kappa shape index (κ3) is 73.8. The van der Waals surface area contributed by atoms with Gasteiger partial charge in [0.05, 0.1) is 39.9 Å². The summed E-state index contributed by atoms with van der Waals surface area (Å²) in [4.78, 5) is 23.5. The highest BCUT2D eigenvalue weighted by molar-refractivity contribution is 7.47. The van der Waals surface area contributed by atoms with Crippen LogP contribution in [0.1, 0.15) is 322 Å². The average molecular weight is 1300 g/mol. The van der Waals surface area contributed by atoms with Crippen LogP contribution in [0.2, 0.25) is 0 Å². The number of phosphoric acid groups is 1. The van der Waals surface area contributed by atoms with Crippen LogP contribution in [0, 0.1) is 0 Å². The summed E-state index contributed by atoms with van der Waals surface area (Å²) in [5.74, 6) is -0.198. The van der Waals surface area contributed by atoms with Gasteiger partial charge in [-0.15, -0.1) is 0 Å². The molecular formula is C83H146N2O6P+. The third-order valence-corrected chi connectivity index (χ3v) is 17.5. The molecule has 8 nitrogen and oxygen atoms in total. The fourth-order valence-electron chi connectivity index (χ4n) is 10.7. The number of hydrogen-bond acceptors (Lipinski definition) is 5. The number of likely N-dealkylation sites (N-methyl/N-ethyl adjacent to an activating group) is 1. The standard InChI is InChI=1S/C83H145N2O6P/c1-6-8-10-12-14-16-18-20-22-24-26-28-30-32-34-36-38-39-40-41-42-43-44-45-47-49-51-53-55-57-59-61-63-65-67-69-71-73-75-77-83(87)84-81(80-91-92(88,89)90-79-78-85(3,4)5)82(86)76-74-72-70-68-66-64-62-60-58-56-54-52-50-48-46-37-35-33-31-29-27-25-23-21-19-17-15-13-11-9-7-2/h8,10,14,16,20,22,26,28,32,34,38-39,41-42,44-45,49,51,55,57,66,68,74,76,81-82,86H,6-7,9,11-13,15,17-19,21,23-25,27,29-31,33,35-37,40,43,46-48,50,52-54,56,58-65,67,69-73,75,77-80H2,1-5H3,(H-,84,87,88,89)/p+1/b10-8-,16-14-,22-20-,28-26-,34-32-,39-38-,42-41-,45-44-,51-49-,57-55-,68-66+,76-74+. The Kier molecular flexibility index (Phi) is 68.8. The summed E-state index contributed by atoms with van der Waals surface area (Å²) in [5, 5.41) is 14.0. The molecule has 0 bridgehead atoms. The second kappa shape index (κ2) is 71.7. The molecule has 0 aromatic rings. The number of nitrogens with zero attached hydrogens (tertiary/aromatic N) is 1. The van der Waals surface area contributed by atoms with Crippen molar-refractivity contribution in [3.8, 4) is 0 Å². The first-order valence-corrected chi connectivity index (χ1v) is 39.7. The van der Waals surface area contributed by atoms with Crippen LogP contribution in [-0.2, 0) is 18.4 Å². The second-order valence-corrected chi connectivity index (χ2v) is 28.1. The van der Waals surface area contributed by atoms with Gasteiger partial charge in [0.1, 0.15) is 13.2 Å². The second-order valence-electron chi connectivity index (χ2n) is 26.6. The Morgan fingerprint density at radius 2 is 0.663 bits per heavy atom. The summed E-state index contributed by atoms with van der Waals surface area (Å²) in [7, 11) is 1.54. The van der Waals surface area contributed by atoms with E-state index >= 15 is 0 Å². The lowest BCUT2D eigenvalue weighted by atomic mass is 10.0. The van der Waals surface area contributed by atoms with Crippen molar-refractivity contribution in [2.45, 2.75) is 334 Å². The molecule has 3 N–H and O–H groups in total. The average Bonchev–Trinajstić information content (AvgIpc) is 2.63. The van der Waals surface area contributed by atoms with Crippen molar-refractivity contribution >= 4 is 13.7 Å². The van der Waals surface area contributed by atoms with E-state index in [4.69, 9.17) is 9.05 Å². The zero-order valence-corrected chi connectivity index (χ0v) is 61.4. The zero-order valence-electron chi connectivity index (χ0n) is 60.5. The molecule has 528 valence electrons. The van der Waals surface area contributed by atoms with Gasteiger partial charge in [-0.1, -0.05) is 352 Å². The van der Waals surface area contributed by atoms with Gasteiger partial charge in [0, 0.05) is 6.42 Å². The predicted molar refractivity (Wildman–Crippen MR) is 405 cm³/mol. The molecule has 0 aromatic heterocycles. The molecule has 0 rings (SSSR count). The van der Waals surface area contributed by atoms with Crippen molar-refractivity contribution in [2.75, 3.05) is 40.9 Å². The number of hydrogen-bond donors (Lipinski definition) is 3. The van der Waals surface area contributed by atoms with Gasteiger partial charge in [0.15, 0.2) is 0 Å². The Balaban J connectivity index is 4.14. The van der Waals surface area contributed by atoms with Gasteiger partial charge >= 0.3 is 7.82 Å². The minimum absolute atomic E-state index is 0.0477. The van der Waals surface area contributed by atoms with E-state index in [1.54, 1.807) is 6.08 Å². The van der Waals surface area contributed by atoms with Gasteiger partial charge in [0.2, 0.25) is 5.91 Å². The van der Waals surface area contributed by atoms with Crippen LogP contribution < -0.4 is 5.32 Å². The molecule has 0 radical (unpaired) electrons. The topological polar surface area (TPSA) is 105 Å². The Bertz CT molecular complexity index is 2020. The first-order valence-electron chi connectivity index (χ1n) is 38.2. The molecular weight excluding hydrogens is 1150 g/mol. The lowest BCUT2D eigenvalue weighted by Crippen LogP contribution is -2.45. The number of unbranched alkanes of at least 4 members (excludes halogenated alkanes) is 34. The number of nitrogens with one attached hydrogen (secondary N) is 1. The molecule has 0 aliphatic carbocycles. The summed E-state index contributed by atoms with van der Waals surface area (Å²) in [6, 6.07) is -0.881. The quantitative estimate of drug-likeness (QED) is 0.0243. The van der Waals surface area contributed by atoms with Gasteiger partial charge in [-0.3, -0.25) is 13.8 Å². The number of aliphatic hydroxyl groups excluding tert-OH is 1. The fraction of sp³-hybridized carbons (Fsp3) is 0.699. The number of aliphatic hydroxyl groups is 1. The lowest BCUT2D eigenvalue weighted by Gasteiger charge is -2.25. The van der Waals surface area contributed by atoms with Gasteiger partial charge in [-0.05, 0) is 109 Å². The molecule has 0 saturated heterocycles. The monoisotopic (exact) mass is 1300 g/mol. The maximum atomic E-state index is 13.1.